The van der Waals surface area contributed by atoms with Crippen LogP contribution in [0.15, 0.2) is 51.2 Å². The van der Waals surface area contributed by atoms with Crippen LogP contribution in [0.3, 0.4) is 0 Å². The zero-order valence-electron chi connectivity index (χ0n) is 24.2. The highest BCUT2D eigenvalue weighted by atomic mass is 16.7. The topological polar surface area (TPSA) is 200 Å². The molecule has 230 valence electrons. The van der Waals surface area contributed by atoms with Crippen LogP contribution >= 0.6 is 0 Å². The molecule has 2 aromatic carbocycles. The fourth-order valence-corrected chi connectivity index (χ4v) is 4.80. The second-order valence-electron chi connectivity index (χ2n) is 10.4. The first kappa shape index (κ1) is 31.3. The lowest BCUT2D eigenvalue weighted by atomic mass is 9.99. The van der Waals surface area contributed by atoms with E-state index in [1.807, 2.05) is 19.9 Å². The van der Waals surface area contributed by atoms with Crippen molar-refractivity contribution in [2.24, 2.45) is 5.73 Å². The molecule has 0 aliphatic carbocycles. The van der Waals surface area contributed by atoms with Crippen molar-refractivity contribution in [2.75, 3.05) is 12.4 Å². The number of phenols is 1. The van der Waals surface area contributed by atoms with Crippen molar-refractivity contribution in [1.29, 1.82) is 0 Å². The molecule has 1 fully saturated rings. The molecule has 0 bridgehead atoms. The largest absolute Gasteiger partial charge is 0.508 e. The van der Waals surface area contributed by atoms with Gasteiger partial charge < -0.3 is 49.7 Å². The Morgan fingerprint density at radius 3 is 2.51 bits per heavy atom. The standard InChI is InChI=1S/C30H34N2O11/c1-13(2)6-7-16-12-17(8-10-19(16)33)27(36)32-21-22(34)18-9-11-20(14(3)24(18)42-28(21)37)41-29-23(35)26(43-30(31)38)25(39-5)15(4)40-29/h6,8-12,15,23,25-26,29,33-35H,7H2,1-5H3,(H2,31,38)(H,32,36)/t15-,23+,25-,26-,29-/m0/s1. The van der Waals surface area contributed by atoms with Gasteiger partial charge in [0.25, 0.3) is 5.91 Å². The van der Waals surface area contributed by atoms with Crippen LogP contribution in [-0.4, -0.2) is 65.1 Å². The summed E-state index contributed by atoms with van der Waals surface area (Å²) in [7, 11) is 1.36. The molecule has 0 unspecified atom stereocenters. The Balaban J connectivity index is 1.61. The summed E-state index contributed by atoms with van der Waals surface area (Å²) in [4.78, 5) is 37.3. The number of phenolic OH excluding ortho intramolecular Hbond substituents is 1. The second-order valence-corrected chi connectivity index (χ2v) is 10.4. The smallest absolute Gasteiger partial charge is 0.404 e. The molecule has 5 atom stereocenters. The lowest BCUT2D eigenvalue weighted by Gasteiger charge is -2.41. The number of methoxy groups -OCH3 is 1. The molecular formula is C30H34N2O11. The fraction of sp³-hybridized carbons (Fsp3) is 0.367. The molecule has 0 spiro atoms. The summed E-state index contributed by atoms with van der Waals surface area (Å²) in [5.74, 6) is -1.08. The Bertz CT molecular complexity index is 1630. The first-order chi connectivity index (χ1) is 20.3. The van der Waals surface area contributed by atoms with E-state index in [2.05, 4.69) is 5.32 Å². The minimum absolute atomic E-state index is 0.0191. The lowest BCUT2D eigenvalue weighted by Crippen LogP contribution is -2.60. The van der Waals surface area contributed by atoms with Gasteiger partial charge in [-0.15, -0.1) is 0 Å². The number of fused-ring (bicyclic) bond motifs is 1. The summed E-state index contributed by atoms with van der Waals surface area (Å²) in [6.07, 6.45) is -4.33. The van der Waals surface area contributed by atoms with Crippen LogP contribution in [0.2, 0.25) is 0 Å². The molecule has 2 heterocycles. The molecule has 1 aliphatic rings. The van der Waals surface area contributed by atoms with Gasteiger partial charge in [0.2, 0.25) is 6.29 Å². The van der Waals surface area contributed by atoms with Gasteiger partial charge >= 0.3 is 11.7 Å². The molecule has 1 aromatic heterocycles. The fourth-order valence-electron chi connectivity index (χ4n) is 4.80. The van der Waals surface area contributed by atoms with Gasteiger partial charge in [-0.3, -0.25) is 4.79 Å². The number of anilines is 1. The van der Waals surface area contributed by atoms with Crippen LogP contribution in [0.25, 0.3) is 11.0 Å². The predicted molar refractivity (Wildman–Crippen MR) is 154 cm³/mol. The molecule has 2 amide bonds. The molecule has 1 saturated heterocycles. The molecule has 13 nitrogen and oxygen atoms in total. The molecular weight excluding hydrogens is 564 g/mol. The zero-order chi connectivity index (χ0) is 31.6. The van der Waals surface area contributed by atoms with E-state index in [-0.39, 0.29) is 33.6 Å². The SMILES string of the molecule is CO[C@@H]1[C@@H](OC(N)=O)[C@@H](O)[C@H](Oc2ccc3c(O)c(NC(=O)c4ccc(O)c(CC=C(C)C)c4)c(=O)oc3c2C)O[C@H]1C. The van der Waals surface area contributed by atoms with E-state index in [0.717, 1.165) is 5.57 Å². The number of nitrogens with two attached hydrogens (primary N) is 1. The van der Waals surface area contributed by atoms with Crippen molar-refractivity contribution in [1.82, 2.24) is 0 Å². The number of hydrogen-bond acceptors (Lipinski definition) is 11. The number of aliphatic hydroxyl groups excluding tert-OH is 1. The van der Waals surface area contributed by atoms with Crippen LogP contribution in [0.4, 0.5) is 10.5 Å². The summed E-state index contributed by atoms with van der Waals surface area (Å²) in [6.45, 7) is 7.01. The third-order valence-corrected chi connectivity index (χ3v) is 7.08. The molecule has 6 N–H and O–H groups in total. The number of ether oxygens (including phenoxy) is 4. The highest BCUT2D eigenvalue weighted by Crippen LogP contribution is 2.37. The van der Waals surface area contributed by atoms with Gasteiger partial charge in [0, 0.05) is 18.2 Å². The van der Waals surface area contributed by atoms with E-state index in [0.29, 0.717) is 12.0 Å². The Hall–Kier alpha value is -4.59. The van der Waals surface area contributed by atoms with Crippen LogP contribution in [0.1, 0.15) is 42.3 Å². The minimum atomic E-state index is -1.50. The first-order valence-electron chi connectivity index (χ1n) is 13.4. The van der Waals surface area contributed by atoms with Crippen molar-refractivity contribution in [2.45, 2.75) is 64.8 Å². The van der Waals surface area contributed by atoms with Crippen molar-refractivity contribution in [3.05, 3.63) is 69.1 Å². The molecule has 1 aliphatic heterocycles. The normalized spacial score (nSPS) is 21.7. The average molecular weight is 599 g/mol. The van der Waals surface area contributed by atoms with Crippen molar-refractivity contribution >= 4 is 28.7 Å². The van der Waals surface area contributed by atoms with E-state index < -0.39 is 59.8 Å². The number of aryl methyl sites for hydroxylation is 1. The second kappa shape index (κ2) is 12.7. The van der Waals surface area contributed by atoms with Gasteiger partial charge in [-0.1, -0.05) is 11.6 Å². The van der Waals surface area contributed by atoms with E-state index in [1.54, 1.807) is 13.8 Å². The molecule has 13 heteroatoms. The maximum atomic E-state index is 13.0. The van der Waals surface area contributed by atoms with Crippen LogP contribution in [0, 0.1) is 6.92 Å². The number of hydrogen-bond donors (Lipinski definition) is 5. The van der Waals surface area contributed by atoms with Crippen molar-refractivity contribution < 1.29 is 48.3 Å². The lowest BCUT2D eigenvalue weighted by molar-refractivity contribution is -0.271. The molecule has 43 heavy (non-hydrogen) atoms. The Kier molecular flexibility index (Phi) is 9.28. The summed E-state index contributed by atoms with van der Waals surface area (Å²) in [6, 6.07) is 7.11. The number of carbonyl (C=O) groups is 2. The number of primary amides is 1. The van der Waals surface area contributed by atoms with Gasteiger partial charge in [-0.25, -0.2) is 9.59 Å². The Morgan fingerprint density at radius 2 is 1.86 bits per heavy atom. The molecule has 3 aromatic rings. The van der Waals surface area contributed by atoms with Gasteiger partial charge in [0.1, 0.15) is 23.2 Å². The van der Waals surface area contributed by atoms with Gasteiger partial charge in [-0.05, 0) is 70.0 Å². The van der Waals surface area contributed by atoms with Gasteiger partial charge in [-0.2, -0.15) is 0 Å². The number of amides is 2. The van der Waals surface area contributed by atoms with E-state index >= 15 is 0 Å². The third kappa shape index (κ3) is 6.58. The van der Waals surface area contributed by atoms with Gasteiger partial charge in [0.15, 0.2) is 23.6 Å². The van der Waals surface area contributed by atoms with Gasteiger partial charge in [0.05, 0.1) is 11.5 Å². The Morgan fingerprint density at radius 1 is 1.14 bits per heavy atom. The summed E-state index contributed by atoms with van der Waals surface area (Å²) < 4.78 is 27.4. The summed E-state index contributed by atoms with van der Waals surface area (Å²) in [5.41, 5.74) is 5.60. The van der Waals surface area contributed by atoms with Crippen LogP contribution < -0.4 is 21.4 Å². The van der Waals surface area contributed by atoms with E-state index in [4.69, 9.17) is 29.1 Å². The van der Waals surface area contributed by atoms with Crippen molar-refractivity contribution in [3.8, 4) is 17.2 Å². The molecule has 0 radical (unpaired) electrons. The number of allylic oxidation sites excluding steroid dienone is 2. The number of aromatic hydroxyl groups is 2. The minimum Gasteiger partial charge on any atom is -0.508 e. The molecule has 4 rings (SSSR count). The first-order valence-corrected chi connectivity index (χ1v) is 13.4. The highest BCUT2D eigenvalue weighted by molar-refractivity contribution is 6.06. The third-order valence-electron chi connectivity index (χ3n) is 7.08. The van der Waals surface area contributed by atoms with Crippen molar-refractivity contribution in [3.63, 3.8) is 0 Å². The average Bonchev–Trinajstić information content (AvgIpc) is 2.94. The monoisotopic (exact) mass is 598 g/mol. The number of aliphatic hydroxyl groups is 1. The van der Waals surface area contributed by atoms with E-state index in [1.165, 1.54) is 37.4 Å². The quantitative estimate of drug-likeness (QED) is 0.188. The number of nitrogens with one attached hydrogen (secondary N) is 1. The Labute approximate surface area is 246 Å². The summed E-state index contributed by atoms with van der Waals surface area (Å²) >= 11 is 0. The number of benzene rings is 2. The number of carbonyl (C=O) groups excluding carboxylic acids is 2. The number of rotatable bonds is 8. The zero-order valence-corrected chi connectivity index (χ0v) is 24.2. The molecule has 0 saturated carbocycles. The van der Waals surface area contributed by atoms with Crippen LogP contribution in [-0.2, 0) is 20.6 Å². The highest BCUT2D eigenvalue weighted by Gasteiger charge is 2.47. The predicted octanol–water partition coefficient (Wildman–Crippen LogP) is 3.24. The maximum absolute atomic E-state index is 13.0. The maximum Gasteiger partial charge on any atom is 0.404 e. The summed E-state index contributed by atoms with van der Waals surface area (Å²) in [5, 5.41) is 34.4. The van der Waals surface area contributed by atoms with Crippen LogP contribution in [0.5, 0.6) is 17.2 Å². The van der Waals surface area contributed by atoms with E-state index in [9.17, 15) is 29.7 Å².